The SMILES string of the molecule is CC(C)=CCOc1ccc(CC2(O)NC(=O)CN(C)C2=O)cc1. The first kappa shape index (κ1) is 17.0. The molecule has 1 aromatic carbocycles. The van der Waals surface area contributed by atoms with E-state index in [1.165, 1.54) is 17.5 Å². The zero-order valence-electron chi connectivity index (χ0n) is 13.6. The second-order valence-electron chi connectivity index (χ2n) is 5.98. The average Bonchev–Trinajstić information content (AvgIpc) is 2.46. The third-order valence-electron chi connectivity index (χ3n) is 3.55. The monoisotopic (exact) mass is 318 g/mol. The minimum Gasteiger partial charge on any atom is -0.490 e. The molecule has 1 aliphatic heterocycles. The highest BCUT2D eigenvalue weighted by atomic mass is 16.5. The van der Waals surface area contributed by atoms with Gasteiger partial charge < -0.3 is 20.1 Å². The van der Waals surface area contributed by atoms with Crippen molar-refractivity contribution in [2.45, 2.75) is 26.0 Å². The van der Waals surface area contributed by atoms with E-state index >= 15 is 0 Å². The number of hydrogen-bond donors (Lipinski definition) is 2. The third-order valence-corrected chi connectivity index (χ3v) is 3.55. The van der Waals surface area contributed by atoms with Crippen molar-refractivity contribution < 1.29 is 19.4 Å². The number of piperazine rings is 1. The van der Waals surface area contributed by atoms with Crippen molar-refractivity contribution in [3.05, 3.63) is 41.5 Å². The number of nitrogens with zero attached hydrogens (tertiary/aromatic N) is 1. The van der Waals surface area contributed by atoms with Gasteiger partial charge in [-0.25, -0.2) is 0 Å². The van der Waals surface area contributed by atoms with Crippen LogP contribution in [0.15, 0.2) is 35.9 Å². The summed E-state index contributed by atoms with van der Waals surface area (Å²) in [5.41, 5.74) is 0.0136. The Kier molecular flexibility index (Phi) is 5.05. The van der Waals surface area contributed by atoms with Crippen LogP contribution in [0.4, 0.5) is 0 Å². The minimum absolute atomic E-state index is 0.0101. The molecular weight excluding hydrogens is 296 g/mol. The maximum absolute atomic E-state index is 12.1. The number of hydrogen-bond acceptors (Lipinski definition) is 4. The fraction of sp³-hybridized carbons (Fsp3) is 0.412. The van der Waals surface area contributed by atoms with Crippen molar-refractivity contribution in [3.63, 3.8) is 0 Å². The van der Waals surface area contributed by atoms with E-state index in [1.54, 1.807) is 24.3 Å². The van der Waals surface area contributed by atoms with E-state index in [2.05, 4.69) is 5.32 Å². The fourth-order valence-electron chi connectivity index (χ4n) is 2.35. The lowest BCUT2D eigenvalue weighted by atomic mass is 9.99. The predicted molar refractivity (Wildman–Crippen MR) is 85.8 cm³/mol. The van der Waals surface area contributed by atoms with Crippen LogP contribution in [-0.2, 0) is 16.0 Å². The van der Waals surface area contributed by atoms with E-state index in [0.717, 1.165) is 5.56 Å². The first-order chi connectivity index (χ1) is 10.8. The van der Waals surface area contributed by atoms with Crippen molar-refractivity contribution >= 4 is 11.8 Å². The second-order valence-corrected chi connectivity index (χ2v) is 5.98. The van der Waals surface area contributed by atoms with E-state index in [4.69, 9.17) is 4.74 Å². The number of amides is 2. The molecule has 2 N–H and O–H groups in total. The van der Waals surface area contributed by atoms with Crippen molar-refractivity contribution in [1.82, 2.24) is 10.2 Å². The standard InChI is InChI=1S/C17H22N2O4/c1-12(2)8-9-23-14-6-4-13(5-7-14)10-17(22)16(21)19(3)11-15(20)18-17/h4-8,22H,9-11H2,1-3H3,(H,18,20). The molecule has 1 aromatic rings. The maximum atomic E-state index is 12.1. The van der Waals surface area contributed by atoms with E-state index in [0.29, 0.717) is 12.4 Å². The summed E-state index contributed by atoms with van der Waals surface area (Å²) in [4.78, 5) is 24.9. The van der Waals surface area contributed by atoms with Gasteiger partial charge in [-0.05, 0) is 37.6 Å². The molecule has 1 heterocycles. The Hall–Kier alpha value is -2.34. The third kappa shape index (κ3) is 4.32. The smallest absolute Gasteiger partial charge is 0.276 e. The molecule has 0 spiro atoms. The predicted octanol–water partition coefficient (Wildman–Crippen LogP) is 0.851. The maximum Gasteiger partial charge on any atom is 0.276 e. The molecule has 1 saturated heterocycles. The Morgan fingerprint density at radius 1 is 1.35 bits per heavy atom. The Morgan fingerprint density at radius 3 is 2.61 bits per heavy atom. The van der Waals surface area contributed by atoms with Crippen LogP contribution < -0.4 is 10.1 Å². The van der Waals surface area contributed by atoms with Crippen LogP contribution >= 0.6 is 0 Å². The molecule has 6 heteroatoms. The molecule has 6 nitrogen and oxygen atoms in total. The van der Waals surface area contributed by atoms with E-state index in [1.807, 2.05) is 19.9 Å². The lowest BCUT2D eigenvalue weighted by Gasteiger charge is -2.36. The normalized spacial score (nSPS) is 21.0. The van der Waals surface area contributed by atoms with Crippen molar-refractivity contribution in [2.75, 3.05) is 20.2 Å². The van der Waals surface area contributed by atoms with Crippen LogP contribution in [0.5, 0.6) is 5.75 Å². The Morgan fingerprint density at radius 2 is 2.00 bits per heavy atom. The van der Waals surface area contributed by atoms with Crippen LogP contribution in [0.3, 0.4) is 0 Å². The highest BCUT2D eigenvalue weighted by molar-refractivity contribution is 5.96. The number of benzene rings is 1. The van der Waals surface area contributed by atoms with Crippen LogP contribution in [0.1, 0.15) is 19.4 Å². The van der Waals surface area contributed by atoms with Crippen LogP contribution in [0, 0.1) is 0 Å². The summed E-state index contributed by atoms with van der Waals surface area (Å²) in [6.07, 6.45) is 1.98. The lowest BCUT2D eigenvalue weighted by Crippen LogP contribution is -2.66. The average molecular weight is 318 g/mol. The van der Waals surface area contributed by atoms with E-state index in [-0.39, 0.29) is 18.9 Å². The first-order valence-electron chi connectivity index (χ1n) is 7.44. The molecular formula is C17H22N2O4. The number of rotatable bonds is 5. The van der Waals surface area contributed by atoms with Gasteiger partial charge in [0.1, 0.15) is 12.4 Å². The summed E-state index contributed by atoms with van der Waals surface area (Å²) >= 11 is 0. The molecule has 2 amide bonds. The molecule has 124 valence electrons. The lowest BCUT2D eigenvalue weighted by molar-refractivity contribution is -0.165. The zero-order valence-corrected chi connectivity index (χ0v) is 13.6. The Balaban J connectivity index is 2.03. The van der Waals surface area contributed by atoms with Gasteiger partial charge in [-0.2, -0.15) is 0 Å². The summed E-state index contributed by atoms with van der Waals surface area (Å²) in [5, 5.41) is 12.8. The highest BCUT2D eigenvalue weighted by Gasteiger charge is 2.44. The topological polar surface area (TPSA) is 78.9 Å². The summed E-state index contributed by atoms with van der Waals surface area (Å²) < 4.78 is 5.56. The fourth-order valence-corrected chi connectivity index (χ4v) is 2.35. The summed E-state index contributed by atoms with van der Waals surface area (Å²) in [6, 6.07) is 7.08. The molecule has 1 fully saturated rings. The number of carbonyl (C=O) groups is 2. The summed E-state index contributed by atoms with van der Waals surface area (Å²) in [6.45, 7) is 4.45. The van der Waals surface area contributed by atoms with Gasteiger partial charge in [0.25, 0.3) is 5.91 Å². The van der Waals surface area contributed by atoms with Crippen LogP contribution in [-0.4, -0.2) is 47.7 Å². The van der Waals surface area contributed by atoms with Gasteiger partial charge >= 0.3 is 0 Å². The molecule has 0 radical (unpaired) electrons. The Labute approximate surface area is 135 Å². The zero-order chi connectivity index (χ0) is 17.0. The van der Waals surface area contributed by atoms with Gasteiger partial charge in [0.15, 0.2) is 0 Å². The molecule has 1 unspecified atom stereocenters. The number of allylic oxidation sites excluding steroid dienone is 1. The molecule has 2 rings (SSSR count). The van der Waals surface area contributed by atoms with Gasteiger partial charge in [-0.1, -0.05) is 17.7 Å². The van der Waals surface area contributed by atoms with Gasteiger partial charge in [-0.15, -0.1) is 0 Å². The van der Waals surface area contributed by atoms with Gasteiger partial charge in [0.2, 0.25) is 11.6 Å². The summed E-state index contributed by atoms with van der Waals surface area (Å²) in [7, 11) is 1.49. The molecule has 0 bridgehead atoms. The number of carbonyl (C=O) groups excluding carboxylic acids is 2. The number of aliphatic hydroxyl groups is 1. The molecule has 0 aliphatic carbocycles. The molecule has 1 atom stereocenters. The highest BCUT2D eigenvalue weighted by Crippen LogP contribution is 2.19. The van der Waals surface area contributed by atoms with Gasteiger partial charge in [0, 0.05) is 13.5 Å². The largest absolute Gasteiger partial charge is 0.490 e. The van der Waals surface area contributed by atoms with E-state index < -0.39 is 11.6 Å². The number of likely N-dealkylation sites (N-methyl/N-ethyl adjacent to an activating group) is 1. The van der Waals surface area contributed by atoms with Crippen LogP contribution in [0.25, 0.3) is 0 Å². The molecule has 23 heavy (non-hydrogen) atoms. The van der Waals surface area contributed by atoms with E-state index in [9.17, 15) is 14.7 Å². The first-order valence-corrected chi connectivity index (χ1v) is 7.44. The molecule has 0 aromatic heterocycles. The molecule has 0 saturated carbocycles. The van der Waals surface area contributed by atoms with Gasteiger partial charge in [0.05, 0.1) is 6.54 Å². The minimum atomic E-state index is -1.89. The van der Waals surface area contributed by atoms with Crippen molar-refractivity contribution in [1.29, 1.82) is 0 Å². The number of ether oxygens (including phenoxy) is 1. The second kappa shape index (κ2) is 6.83. The van der Waals surface area contributed by atoms with Gasteiger partial charge in [-0.3, -0.25) is 9.59 Å². The quantitative estimate of drug-likeness (QED) is 0.789. The van der Waals surface area contributed by atoms with Crippen LogP contribution in [0.2, 0.25) is 0 Å². The summed E-state index contributed by atoms with van der Waals surface area (Å²) in [5.74, 6) is -0.188. The Bertz CT molecular complexity index is 620. The number of nitrogens with one attached hydrogen (secondary N) is 1. The van der Waals surface area contributed by atoms with Crippen molar-refractivity contribution in [3.8, 4) is 5.75 Å². The van der Waals surface area contributed by atoms with Crippen molar-refractivity contribution in [2.24, 2.45) is 0 Å². The molecule has 1 aliphatic rings.